The molecule has 0 saturated heterocycles. The molecule has 12 heteroatoms. The van der Waals surface area contributed by atoms with Crippen LogP contribution in [0.25, 0.3) is 22.5 Å². The number of hydrogen-bond donors (Lipinski definition) is 2. The van der Waals surface area contributed by atoms with E-state index in [4.69, 9.17) is 15.2 Å². The summed E-state index contributed by atoms with van der Waals surface area (Å²) in [5.74, 6) is 1.01. The Morgan fingerprint density at radius 3 is 2.49 bits per heavy atom. The number of nitrogens with zero attached hydrogens (tertiary/aromatic N) is 5. The maximum absolute atomic E-state index is 13.9. The lowest BCUT2D eigenvalue weighted by atomic mass is 10.2. The molecule has 5 aromatic rings. The predicted molar refractivity (Wildman–Crippen MR) is 164 cm³/mol. The number of ether oxygens (including phenoxy) is 2. The van der Waals surface area contributed by atoms with E-state index in [0.29, 0.717) is 46.3 Å². The Morgan fingerprint density at radius 2 is 1.74 bits per heavy atom. The van der Waals surface area contributed by atoms with E-state index in [1.165, 1.54) is 41.8 Å². The summed E-state index contributed by atoms with van der Waals surface area (Å²) in [7, 11) is 3.05. The summed E-state index contributed by atoms with van der Waals surface area (Å²) in [5.41, 5.74) is 7.91. The van der Waals surface area contributed by atoms with E-state index in [1.807, 2.05) is 30.3 Å². The van der Waals surface area contributed by atoms with Crippen molar-refractivity contribution in [2.75, 3.05) is 44.9 Å². The van der Waals surface area contributed by atoms with Crippen LogP contribution in [0.2, 0.25) is 0 Å². The van der Waals surface area contributed by atoms with Crippen LogP contribution < -0.4 is 21.5 Å². The highest BCUT2D eigenvalue weighted by Gasteiger charge is 2.20. The van der Waals surface area contributed by atoms with Crippen molar-refractivity contribution in [1.82, 2.24) is 19.1 Å². The second kappa shape index (κ2) is 12.7. The quantitative estimate of drug-likeness (QED) is 0.135. The van der Waals surface area contributed by atoms with Gasteiger partial charge in [0.2, 0.25) is 5.91 Å². The van der Waals surface area contributed by atoms with Crippen molar-refractivity contribution in [3.63, 3.8) is 0 Å². The second-order valence-electron chi connectivity index (χ2n) is 9.93. The monoisotopic (exact) mass is 581 g/mol. The van der Waals surface area contributed by atoms with Crippen molar-refractivity contribution in [2.24, 2.45) is 0 Å². The third-order valence-corrected chi connectivity index (χ3v) is 6.62. The molecule has 2 heterocycles. The molecule has 0 fully saturated rings. The van der Waals surface area contributed by atoms with Crippen LogP contribution in [0.4, 0.5) is 11.5 Å². The lowest BCUT2D eigenvalue weighted by Gasteiger charge is -2.37. The van der Waals surface area contributed by atoms with Crippen molar-refractivity contribution in [2.45, 2.75) is 0 Å². The van der Waals surface area contributed by atoms with Gasteiger partial charge in [0.25, 0.3) is 0 Å². The van der Waals surface area contributed by atoms with Gasteiger partial charge in [-0.2, -0.15) is 0 Å². The molecule has 0 aliphatic heterocycles. The van der Waals surface area contributed by atoms with Gasteiger partial charge in [0.1, 0.15) is 29.9 Å². The summed E-state index contributed by atoms with van der Waals surface area (Å²) >= 11 is 0. The van der Waals surface area contributed by atoms with Gasteiger partial charge < -0.3 is 30.4 Å². The molecule has 3 N–H and O–H groups in total. The van der Waals surface area contributed by atoms with Crippen LogP contribution >= 0.6 is 0 Å². The summed E-state index contributed by atoms with van der Waals surface area (Å²) in [4.78, 5) is 34.9. The summed E-state index contributed by atoms with van der Waals surface area (Å²) in [6.07, 6.45) is 4.13. The molecule has 0 radical (unpaired) electrons. The third-order valence-electron chi connectivity index (χ3n) is 6.62. The first-order valence-corrected chi connectivity index (χ1v) is 13.5. The molecule has 3 aromatic carbocycles. The molecular weight excluding hydrogens is 550 g/mol. The Morgan fingerprint density at radius 1 is 1.00 bits per heavy atom. The first-order valence-electron chi connectivity index (χ1n) is 13.5. The zero-order valence-corrected chi connectivity index (χ0v) is 23.7. The Bertz CT molecular complexity index is 1810. The van der Waals surface area contributed by atoms with Crippen LogP contribution in [0.3, 0.4) is 0 Å². The summed E-state index contributed by atoms with van der Waals surface area (Å²) in [6, 6.07) is 23.2. The minimum absolute atomic E-state index is 0.117. The number of quaternary nitrogens is 1. The van der Waals surface area contributed by atoms with Gasteiger partial charge in [-0.3, -0.25) is 9.36 Å². The van der Waals surface area contributed by atoms with E-state index in [-0.39, 0.29) is 18.9 Å². The van der Waals surface area contributed by atoms with Crippen LogP contribution in [0, 0.1) is 5.21 Å². The summed E-state index contributed by atoms with van der Waals surface area (Å²) in [5, 5.41) is 15.1. The molecule has 0 spiro atoms. The molecule has 12 nitrogen and oxygen atoms in total. The van der Waals surface area contributed by atoms with E-state index >= 15 is 0 Å². The fraction of sp³-hybridized carbons (Fsp3) is 0.161. The smallest absolute Gasteiger partial charge is 0.339 e. The molecule has 0 saturated carbocycles. The number of aromatic nitrogens is 4. The van der Waals surface area contributed by atoms with Gasteiger partial charge in [0, 0.05) is 18.9 Å². The Hall–Kier alpha value is -5.30. The maximum atomic E-state index is 13.9. The number of hydroxylamine groups is 3. The number of nitrogen functional groups attached to an aromatic ring is 1. The normalized spacial score (nSPS) is 12.8. The number of carbonyl (C=O) groups excluding carboxylic acids is 1. The second-order valence-corrected chi connectivity index (χ2v) is 9.93. The highest BCUT2D eigenvalue weighted by atomic mass is 16.5. The van der Waals surface area contributed by atoms with Gasteiger partial charge in [-0.15, -0.1) is 0 Å². The zero-order valence-electron chi connectivity index (χ0n) is 23.7. The number of imidazole rings is 1. The van der Waals surface area contributed by atoms with Crippen LogP contribution in [0.15, 0.2) is 102 Å². The van der Waals surface area contributed by atoms with Gasteiger partial charge in [-0.1, -0.05) is 24.3 Å². The number of likely N-dealkylation sites (N-methyl/N-ethyl adjacent to an activating group) is 1. The fourth-order valence-corrected chi connectivity index (χ4v) is 4.47. The van der Waals surface area contributed by atoms with E-state index in [0.717, 1.165) is 0 Å². The van der Waals surface area contributed by atoms with Gasteiger partial charge in [-0.25, -0.2) is 19.3 Å². The number of anilines is 2. The number of fused-ring (bicyclic) bond motifs is 1. The number of amides is 1. The van der Waals surface area contributed by atoms with E-state index < -0.39 is 16.2 Å². The van der Waals surface area contributed by atoms with E-state index in [9.17, 15) is 14.8 Å². The largest absolute Gasteiger partial charge is 0.633 e. The Labute approximate surface area is 247 Å². The third kappa shape index (κ3) is 6.79. The van der Waals surface area contributed by atoms with Crippen LogP contribution in [0.5, 0.6) is 11.5 Å². The average molecular weight is 582 g/mol. The standard InChI is InChI=1S/C31H31N7O5/c1-38(41,18-19-42-2)17-7-12-27(39)35-22-8-6-9-24(20-22)37-30-28(29(32)33-21-34-30)36(31(37)40)23-13-15-26(16-14-23)43-25-10-4-3-5-11-25/h3-16,20-21H,17-19H2,1-2H3,(H,35,39)(H2,32,33,34)/b12-7+. The highest BCUT2D eigenvalue weighted by molar-refractivity contribution is 5.99. The molecule has 220 valence electrons. The molecule has 43 heavy (non-hydrogen) atoms. The number of rotatable bonds is 11. The van der Waals surface area contributed by atoms with E-state index in [2.05, 4.69) is 15.3 Å². The molecule has 1 atom stereocenters. The molecule has 2 aromatic heterocycles. The maximum Gasteiger partial charge on any atom is 0.339 e. The van der Waals surface area contributed by atoms with Crippen LogP contribution in [-0.2, 0) is 9.53 Å². The predicted octanol–water partition coefficient (Wildman–Crippen LogP) is 4.03. The van der Waals surface area contributed by atoms with E-state index in [1.54, 1.807) is 48.5 Å². The number of benzene rings is 3. The molecule has 0 aliphatic carbocycles. The van der Waals surface area contributed by atoms with Crippen molar-refractivity contribution in [3.05, 3.63) is 113 Å². The molecule has 0 bridgehead atoms. The molecule has 0 aliphatic rings. The number of para-hydroxylation sites is 1. The zero-order chi connectivity index (χ0) is 30.4. The van der Waals surface area contributed by atoms with Crippen LogP contribution in [0.1, 0.15) is 0 Å². The summed E-state index contributed by atoms with van der Waals surface area (Å²) in [6.45, 7) is 0.714. The Kier molecular flexibility index (Phi) is 8.62. The lowest BCUT2D eigenvalue weighted by Crippen LogP contribution is -2.40. The number of methoxy groups -OCH3 is 1. The van der Waals surface area contributed by atoms with Crippen molar-refractivity contribution < 1.29 is 18.9 Å². The van der Waals surface area contributed by atoms with Gasteiger partial charge in [-0.05, 0) is 60.7 Å². The topological polar surface area (TPSA) is 149 Å². The lowest BCUT2D eigenvalue weighted by molar-refractivity contribution is -0.855. The highest BCUT2D eigenvalue weighted by Crippen LogP contribution is 2.26. The Balaban J connectivity index is 1.43. The fourth-order valence-electron chi connectivity index (χ4n) is 4.47. The first-order chi connectivity index (χ1) is 20.8. The number of hydrogen-bond acceptors (Lipinski definition) is 8. The molecule has 5 rings (SSSR count). The van der Waals surface area contributed by atoms with Gasteiger partial charge >= 0.3 is 5.69 Å². The van der Waals surface area contributed by atoms with Crippen molar-refractivity contribution in [1.29, 1.82) is 0 Å². The minimum Gasteiger partial charge on any atom is -0.633 e. The van der Waals surface area contributed by atoms with Crippen molar-refractivity contribution in [3.8, 4) is 22.9 Å². The molecule has 1 unspecified atom stereocenters. The SMILES string of the molecule is COCC[N+](C)([O-])C/C=C/C(=O)Nc1cccc(-n2c(=O)n(-c3ccc(Oc4ccccc4)cc3)c3c(N)ncnc32)c1. The van der Waals surface area contributed by atoms with Gasteiger partial charge in [0.15, 0.2) is 11.5 Å². The molecular formula is C31H31N7O5. The number of nitrogens with one attached hydrogen (secondary N) is 1. The number of nitrogens with two attached hydrogens (primary N) is 1. The van der Waals surface area contributed by atoms with Crippen LogP contribution in [-0.4, -0.2) is 63.5 Å². The molecule has 1 amide bonds. The summed E-state index contributed by atoms with van der Waals surface area (Å²) < 4.78 is 13.1. The minimum atomic E-state index is -0.562. The average Bonchev–Trinajstić information content (AvgIpc) is 3.30. The van der Waals surface area contributed by atoms with Gasteiger partial charge in [0.05, 0.1) is 31.6 Å². The van der Waals surface area contributed by atoms with Crippen molar-refractivity contribution >= 4 is 28.6 Å². The first kappa shape index (κ1) is 29.2. The number of carbonyl (C=O) groups is 1.